The van der Waals surface area contributed by atoms with E-state index in [9.17, 15) is 19.7 Å². The Bertz CT molecular complexity index is 691. The summed E-state index contributed by atoms with van der Waals surface area (Å²) < 4.78 is 0. The molecule has 1 aromatic rings. The second-order valence-corrected chi connectivity index (χ2v) is 6.18. The van der Waals surface area contributed by atoms with Crippen LogP contribution in [0.1, 0.15) is 30.1 Å². The summed E-state index contributed by atoms with van der Waals surface area (Å²) in [5.74, 6) is -0.199. The van der Waals surface area contributed by atoms with Crippen LogP contribution < -0.4 is 10.2 Å². The van der Waals surface area contributed by atoms with Crippen LogP contribution in [0.25, 0.3) is 0 Å². The second kappa shape index (κ2) is 6.46. The van der Waals surface area contributed by atoms with Gasteiger partial charge in [-0.05, 0) is 31.9 Å². The number of hydrogen-bond acceptors (Lipinski definition) is 5. The lowest BCUT2D eigenvalue weighted by atomic mass is 10.0. The summed E-state index contributed by atoms with van der Waals surface area (Å²) >= 11 is 0. The first-order chi connectivity index (χ1) is 11.5. The Morgan fingerprint density at radius 3 is 2.79 bits per heavy atom. The van der Waals surface area contributed by atoms with Crippen molar-refractivity contribution in [3.05, 3.63) is 33.9 Å². The number of benzene rings is 1. The van der Waals surface area contributed by atoms with Gasteiger partial charge < -0.3 is 15.1 Å². The Morgan fingerprint density at radius 1 is 1.38 bits per heavy atom. The Kier molecular flexibility index (Phi) is 4.37. The number of piperidine rings is 1. The monoisotopic (exact) mass is 332 g/mol. The minimum absolute atomic E-state index is 0.0494. The smallest absolute Gasteiger partial charge is 0.317 e. The molecule has 0 spiro atoms. The molecular weight excluding hydrogens is 312 g/mol. The Hall–Kier alpha value is -2.64. The molecule has 8 nitrogen and oxygen atoms in total. The molecule has 2 amide bonds. The maximum Gasteiger partial charge on any atom is 0.317 e. The number of carbonyl (C=O) groups excluding carboxylic acids is 2. The van der Waals surface area contributed by atoms with Crippen molar-refractivity contribution < 1.29 is 14.5 Å². The van der Waals surface area contributed by atoms with Crippen LogP contribution in [0.3, 0.4) is 0 Å². The zero-order chi connectivity index (χ0) is 17.3. The molecule has 2 fully saturated rings. The first-order valence-electron chi connectivity index (χ1n) is 8.06. The lowest BCUT2D eigenvalue weighted by Gasteiger charge is -2.38. The number of urea groups is 1. The zero-order valence-electron chi connectivity index (χ0n) is 13.5. The third kappa shape index (κ3) is 3.04. The topological polar surface area (TPSA) is 95.8 Å². The van der Waals surface area contributed by atoms with Gasteiger partial charge in [0.15, 0.2) is 5.78 Å². The Balaban J connectivity index is 1.86. The van der Waals surface area contributed by atoms with Gasteiger partial charge in [-0.25, -0.2) is 4.79 Å². The average molecular weight is 332 g/mol. The van der Waals surface area contributed by atoms with Crippen molar-refractivity contribution in [3.8, 4) is 0 Å². The standard InChI is InChI=1S/C16H20N4O4/c1-11(21)12-4-5-14(15(9-12)20(23)24)18-7-2-3-13(10-18)19-8-6-17-16(19)22/h4-5,9,13H,2-3,6-8,10H2,1H3,(H,17,22). The number of rotatable bonds is 4. The molecule has 2 aliphatic rings. The molecule has 0 aliphatic carbocycles. The Labute approximate surface area is 139 Å². The van der Waals surface area contributed by atoms with E-state index in [1.54, 1.807) is 12.1 Å². The number of nitrogens with one attached hydrogen (secondary N) is 1. The van der Waals surface area contributed by atoms with E-state index in [4.69, 9.17) is 0 Å². The summed E-state index contributed by atoms with van der Waals surface area (Å²) in [7, 11) is 0. The van der Waals surface area contributed by atoms with Crippen molar-refractivity contribution in [2.24, 2.45) is 0 Å². The number of anilines is 1. The molecule has 1 N–H and O–H groups in total. The summed E-state index contributed by atoms with van der Waals surface area (Å²) in [4.78, 5) is 38.1. The number of carbonyl (C=O) groups is 2. The van der Waals surface area contributed by atoms with Crippen LogP contribution in [0.5, 0.6) is 0 Å². The van der Waals surface area contributed by atoms with Crippen LogP contribution in [0.2, 0.25) is 0 Å². The maximum atomic E-state index is 11.9. The highest BCUT2D eigenvalue weighted by Gasteiger charge is 2.33. The molecule has 2 heterocycles. The lowest BCUT2D eigenvalue weighted by molar-refractivity contribution is -0.384. The third-order valence-electron chi connectivity index (χ3n) is 4.65. The fourth-order valence-corrected chi connectivity index (χ4v) is 3.42. The van der Waals surface area contributed by atoms with Crippen molar-refractivity contribution in [1.82, 2.24) is 10.2 Å². The van der Waals surface area contributed by atoms with Gasteiger partial charge in [0.05, 0.1) is 11.0 Å². The number of amides is 2. The predicted octanol–water partition coefficient (Wildman–Crippen LogP) is 1.79. The SMILES string of the molecule is CC(=O)c1ccc(N2CCCC(N3CCNC3=O)C2)c([N+](=O)[O-])c1. The number of ketones is 1. The quantitative estimate of drug-likeness (QED) is 0.515. The Morgan fingerprint density at radius 2 is 2.17 bits per heavy atom. The van der Waals surface area contributed by atoms with Gasteiger partial charge in [0.25, 0.3) is 5.69 Å². The first-order valence-corrected chi connectivity index (χ1v) is 8.06. The third-order valence-corrected chi connectivity index (χ3v) is 4.65. The largest absolute Gasteiger partial charge is 0.364 e. The zero-order valence-corrected chi connectivity index (χ0v) is 13.5. The van der Waals surface area contributed by atoms with Gasteiger partial charge in [-0.3, -0.25) is 14.9 Å². The minimum atomic E-state index is -0.450. The van der Waals surface area contributed by atoms with Crippen molar-refractivity contribution in [2.75, 3.05) is 31.1 Å². The van der Waals surface area contributed by atoms with E-state index >= 15 is 0 Å². The molecule has 3 rings (SSSR count). The number of nitrogens with zero attached hydrogens (tertiary/aromatic N) is 3. The first kappa shape index (κ1) is 16.2. The molecule has 2 saturated heterocycles. The summed E-state index contributed by atoms with van der Waals surface area (Å²) in [5.41, 5.74) is 0.779. The van der Waals surface area contributed by atoms with Gasteiger partial charge >= 0.3 is 6.03 Å². The molecular formula is C16H20N4O4. The van der Waals surface area contributed by atoms with E-state index in [2.05, 4.69) is 5.32 Å². The number of Topliss-reactive ketones (excluding diaryl/α,β-unsaturated/α-hetero) is 1. The molecule has 1 aromatic carbocycles. The minimum Gasteiger partial charge on any atom is -0.364 e. The molecule has 1 atom stereocenters. The van der Waals surface area contributed by atoms with E-state index in [1.165, 1.54) is 13.0 Å². The lowest BCUT2D eigenvalue weighted by Crippen LogP contribution is -2.49. The normalized spacial score (nSPS) is 20.9. The van der Waals surface area contributed by atoms with Gasteiger partial charge in [-0.2, -0.15) is 0 Å². The van der Waals surface area contributed by atoms with E-state index in [0.29, 0.717) is 37.4 Å². The highest BCUT2D eigenvalue weighted by Crippen LogP contribution is 2.32. The van der Waals surface area contributed by atoms with Crippen LogP contribution in [0, 0.1) is 10.1 Å². The van der Waals surface area contributed by atoms with Crippen LogP contribution in [-0.2, 0) is 0 Å². The molecule has 24 heavy (non-hydrogen) atoms. The molecule has 0 bridgehead atoms. The number of nitro benzene ring substituents is 1. The van der Waals surface area contributed by atoms with Gasteiger partial charge in [0, 0.05) is 37.8 Å². The fraction of sp³-hybridized carbons (Fsp3) is 0.500. The van der Waals surface area contributed by atoms with Crippen LogP contribution in [0.15, 0.2) is 18.2 Å². The van der Waals surface area contributed by atoms with E-state index < -0.39 is 4.92 Å². The summed E-state index contributed by atoms with van der Waals surface area (Å²) in [5, 5.41) is 14.2. The average Bonchev–Trinajstić information content (AvgIpc) is 3.00. The van der Waals surface area contributed by atoms with Crippen molar-refractivity contribution in [2.45, 2.75) is 25.8 Å². The van der Waals surface area contributed by atoms with Crippen LogP contribution >= 0.6 is 0 Å². The molecule has 1 unspecified atom stereocenters. The van der Waals surface area contributed by atoms with Crippen LogP contribution in [-0.4, -0.2) is 53.9 Å². The van der Waals surface area contributed by atoms with E-state index in [-0.39, 0.29) is 23.5 Å². The van der Waals surface area contributed by atoms with Crippen molar-refractivity contribution in [1.29, 1.82) is 0 Å². The van der Waals surface area contributed by atoms with Gasteiger partial charge in [-0.15, -0.1) is 0 Å². The van der Waals surface area contributed by atoms with Gasteiger partial charge in [0.1, 0.15) is 5.69 Å². The van der Waals surface area contributed by atoms with E-state index in [1.807, 2.05) is 9.80 Å². The summed E-state index contributed by atoms with van der Waals surface area (Å²) in [6.07, 6.45) is 1.75. The number of hydrogen-bond donors (Lipinski definition) is 1. The summed E-state index contributed by atoms with van der Waals surface area (Å²) in [6, 6.07) is 4.58. The summed E-state index contributed by atoms with van der Waals surface area (Å²) in [6.45, 7) is 3.97. The van der Waals surface area contributed by atoms with E-state index in [0.717, 1.165) is 12.8 Å². The van der Waals surface area contributed by atoms with Crippen molar-refractivity contribution in [3.63, 3.8) is 0 Å². The van der Waals surface area contributed by atoms with Gasteiger partial charge in [0.2, 0.25) is 0 Å². The fourth-order valence-electron chi connectivity index (χ4n) is 3.42. The van der Waals surface area contributed by atoms with Gasteiger partial charge in [-0.1, -0.05) is 0 Å². The van der Waals surface area contributed by atoms with Crippen molar-refractivity contribution >= 4 is 23.2 Å². The highest BCUT2D eigenvalue weighted by atomic mass is 16.6. The molecule has 128 valence electrons. The van der Waals surface area contributed by atoms with Crippen LogP contribution in [0.4, 0.5) is 16.2 Å². The molecule has 8 heteroatoms. The molecule has 0 radical (unpaired) electrons. The number of nitro groups is 1. The maximum absolute atomic E-state index is 11.9. The molecule has 2 aliphatic heterocycles. The molecule has 0 aromatic heterocycles. The highest BCUT2D eigenvalue weighted by molar-refractivity contribution is 5.95. The molecule has 0 saturated carbocycles. The second-order valence-electron chi connectivity index (χ2n) is 6.18. The predicted molar refractivity (Wildman–Crippen MR) is 88.4 cm³/mol.